The highest BCUT2D eigenvalue weighted by atomic mass is 16.5. The highest BCUT2D eigenvalue weighted by Crippen LogP contribution is 2.33. The van der Waals surface area contributed by atoms with Crippen molar-refractivity contribution >= 4 is 31.5 Å². The molecule has 0 unspecified atom stereocenters. The summed E-state index contributed by atoms with van der Waals surface area (Å²) in [6.45, 7) is 9.45. The molecule has 1 radical (unpaired) electrons. The van der Waals surface area contributed by atoms with Crippen LogP contribution in [0.1, 0.15) is 55.3 Å². The quantitative estimate of drug-likeness (QED) is 0.447. The zero-order valence-corrected chi connectivity index (χ0v) is 21.0. The number of allylic oxidation sites excluding steroid dienone is 2. The van der Waals surface area contributed by atoms with Crippen LogP contribution in [0.3, 0.4) is 0 Å². The number of nitrogens with zero attached hydrogens (tertiary/aromatic N) is 2. The first-order valence-corrected chi connectivity index (χ1v) is 12.2. The van der Waals surface area contributed by atoms with Crippen LogP contribution in [0.5, 0.6) is 11.5 Å². The second kappa shape index (κ2) is 9.24. The summed E-state index contributed by atoms with van der Waals surface area (Å²) in [6.07, 6.45) is 11.5. The second-order valence-electron chi connectivity index (χ2n) is 10.2. The summed E-state index contributed by atoms with van der Waals surface area (Å²) in [6, 6.07) is 18.8. The van der Waals surface area contributed by atoms with Gasteiger partial charge in [0.2, 0.25) is 0 Å². The van der Waals surface area contributed by atoms with Gasteiger partial charge in [0.1, 0.15) is 17.7 Å². The van der Waals surface area contributed by atoms with Crippen LogP contribution >= 0.6 is 0 Å². The Morgan fingerprint density at radius 3 is 2.34 bits per heavy atom. The molecular weight excluding hydrogens is 429 g/mol. The topological polar surface area (TPSA) is 43.2 Å². The first-order valence-electron chi connectivity index (χ1n) is 12.2. The van der Waals surface area contributed by atoms with E-state index in [1.54, 1.807) is 0 Å². The molecule has 0 saturated carbocycles. The van der Waals surface area contributed by atoms with Crippen molar-refractivity contribution in [1.29, 1.82) is 0 Å². The Kier molecular flexibility index (Phi) is 6.12. The number of fused-ring (bicyclic) bond motifs is 2. The van der Waals surface area contributed by atoms with Crippen LogP contribution in [-0.2, 0) is 5.41 Å². The largest absolute Gasteiger partial charge is 0.699 e. The summed E-state index contributed by atoms with van der Waals surface area (Å²) in [5.74, 6) is 1.68. The Morgan fingerprint density at radius 2 is 1.69 bits per heavy atom. The number of rotatable bonds is 6. The first-order chi connectivity index (χ1) is 16.8. The molecule has 2 aliphatic heterocycles. The molecule has 5 rings (SSSR count). The van der Waals surface area contributed by atoms with Gasteiger partial charge in [0, 0.05) is 29.1 Å². The van der Waals surface area contributed by atoms with E-state index in [0.29, 0.717) is 6.54 Å². The highest BCUT2D eigenvalue weighted by molar-refractivity contribution is 6.28. The molecule has 35 heavy (non-hydrogen) atoms. The van der Waals surface area contributed by atoms with Crippen molar-refractivity contribution in [2.45, 2.75) is 39.5 Å². The number of aromatic nitrogens is 1. The van der Waals surface area contributed by atoms with E-state index in [1.807, 2.05) is 24.3 Å². The lowest BCUT2D eigenvalue weighted by Crippen LogP contribution is -2.30. The van der Waals surface area contributed by atoms with E-state index in [1.165, 1.54) is 28.1 Å². The third-order valence-electron chi connectivity index (χ3n) is 6.55. The van der Waals surface area contributed by atoms with Gasteiger partial charge >= 0.3 is 7.55 Å². The van der Waals surface area contributed by atoms with Gasteiger partial charge < -0.3 is 14.9 Å². The maximum absolute atomic E-state index is 6.05. The maximum Gasteiger partial charge on any atom is 0.699 e. The van der Waals surface area contributed by atoms with E-state index in [2.05, 4.69) is 105 Å². The van der Waals surface area contributed by atoms with Gasteiger partial charge in [0.05, 0.1) is 0 Å². The number of benzene rings is 2. The number of ether oxygens (including phenoxy) is 1. The van der Waals surface area contributed by atoms with Crippen LogP contribution in [0, 0.1) is 6.92 Å². The summed E-state index contributed by atoms with van der Waals surface area (Å²) < 4.78 is 10.5. The molecule has 0 bridgehead atoms. The standard InChI is InChI=1S/C30H32BN3O/c1-21-20-24(34-29(21)27(17-18-32)28-6-5-19-33(28)31-34)12-7-22-8-13-25(14-9-22)35-26-15-10-23(11-16-26)30(2,3)4/h5-16,19-20H,17-18,32H2,1-4H3/q+1. The molecule has 0 aliphatic carbocycles. The summed E-state index contributed by atoms with van der Waals surface area (Å²) in [5.41, 5.74) is 14.7. The van der Waals surface area contributed by atoms with Crippen LogP contribution < -0.4 is 10.5 Å². The molecule has 5 heteroatoms. The lowest BCUT2D eigenvalue weighted by Gasteiger charge is -2.19. The highest BCUT2D eigenvalue weighted by Gasteiger charge is 2.34. The number of nitrogens with two attached hydrogens (primary N) is 1. The van der Waals surface area contributed by atoms with Crippen molar-refractivity contribution in [3.63, 3.8) is 0 Å². The normalized spacial score (nSPS) is 14.7. The number of hydrogen-bond donors (Lipinski definition) is 1. The average Bonchev–Trinajstić information content (AvgIpc) is 3.43. The third-order valence-corrected chi connectivity index (χ3v) is 6.55. The fourth-order valence-corrected chi connectivity index (χ4v) is 4.69. The van der Waals surface area contributed by atoms with Gasteiger partial charge in [0.25, 0.3) is 0 Å². The fraction of sp³-hybridized carbons (Fsp3) is 0.233. The third kappa shape index (κ3) is 4.69. The molecule has 3 aromatic rings. The molecule has 2 aliphatic rings. The molecule has 3 heterocycles. The van der Waals surface area contributed by atoms with Crippen molar-refractivity contribution < 1.29 is 9.22 Å². The van der Waals surface area contributed by atoms with E-state index >= 15 is 0 Å². The predicted octanol–water partition coefficient (Wildman–Crippen LogP) is 6.17. The van der Waals surface area contributed by atoms with Crippen LogP contribution in [0.2, 0.25) is 0 Å². The van der Waals surface area contributed by atoms with E-state index in [0.717, 1.165) is 29.2 Å². The summed E-state index contributed by atoms with van der Waals surface area (Å²) in [5, 5.41) is 0. The van der Waals surface area contributed by atoms with Gasteiger partial charge in [-0.05, 0) is 78.4 Å². The molecule has 0 amide bonds. The Bertz CT molecular complexity index is 1360. The Labute approximate surface area is 209 Å². The van der Waals surface area contributed by atoms with Crippen molar-refractivity contribution in [2.75, 3.05) is 6.54 Å². The van der Waals surface area contributed by atoms with E-state index < -0.39 is 0 Å². The zero-order chi connectivity index (χ0) is 24.6. The first kappa shape index (κ1) is 23.2. The lowest BCUT2D eigenvalue weighted by atomic mass is 9.87. The van der Waals surface area contributed by atoms with E-state index in [4.69, 9.17) is 10.5 Å². The Morgan fingerprint density at radius 1 is 1.00 bits per heavy atom. The number of hydrogen-bond acceptors (Lipinski definition) is 2. The van der Waals surface area contributed by atoms with Crippen molar-refractivity contribution in [2.24, 2.45) is 5.73 Å². The molecular formula is C30H32BN3O+. The predicted molar refractivity (Wildman–Crippen MR) is 147 cm³/mol. The molecule has 2 aromatic carbocycles. The second-order valence-corrected chi connectivity index (χ2v) is 10.2. The minimum Gasteiger partial charge on any atom is -0.457 e. The Balaban J connectivity index is 1.33. The molecule has 0 spiro atoms. The molecule has 2 N–H and O–H groups in total. The summed E-state index contributed by atoms with van der Waals surface area (Å²) in [7, 11) is 2.15. The minimum atomic E-state index is 0.135. The van der Waals surface area contributed by atoms with Crippen LogP contribution in [0.4, 0.5) is 0 Å². The molecule has 0 fully saturated rings. The summed E-state index contributed by atoms with van der Waals surface area (Å²) >= 11 is 0. The van der Waals surface area contributed by atoms with Crippen LogP contribution in [0.25, 0.3) is 17.7 Å². The van der Waals surface area contributed by atoms with Crippen LogP contribution in [0.15, 0.2) is 72.4 Å². The van der Waals surface area contributed by atoms with Gasteiger partial charge in [-0.1, -0.05) is 51.1 Å². The summed E-state index contributed by atoms with van der Waals surface area (Å²) in [4.78, 5) is 0. The van der Waals surface area contributed by atoms with E-state index in [-0.39, 0.29) is 5.41 Å². The Hall–Kier alpha value is -3.57. The lowest BCUT2D eigenvalue weighted by molar-refractivity contribution is -0.307. The van der Waals surface area contributed by atoms with Gasteiger partial charge in [-0.15, -0.1) is 0 Å². The van der Waals surface area contributed by atoms with Crippen LogP contribution in [-0.4, -0.2) is 29.3 Å². The fourth-order valence-electron chi connectivity index (χ4n) is 4.69. The van der Waals surface area contributed by atoms with Gasteiger partial charge in [-0.25, -0.2) is 0 Å². The average molecular weight is 461 g/mol. The van der Waals surface area contributed by atoms with Gasteiger partial charge in [-0.2, -0.15) is 0 Å². The molecule has 0 atom stereocenters. The minimum absolute atomic E-state index is 0.135. The van der Waals surface area contributed by atoms with Gasteiger partial charge in [-0.3, -0.25) is 4.49 Å². The van der Waals surface area contributed by atoms with E-state index in [9.17, 15) is 0 Å². The van der Waals surface area contributed by atoms with Crippen molar-refractivity contribution in [3.8, 4) is 11.5 Å². The molecule has 175 valence electrons. The SMILES string of the molecule is Cc1cc(C=Cc2ccc(Oc3ccc(C(C)(C)C)cc3)cc2)n2c1C(CCN)=C1C=CC=[N+]1[B]2. The molecule has 4 nitrogen and oxygen atoms in total. The van der Waals surface area contributed by atoms with Crippen molar-refractivity contribution in [1.82, 2.24) is 4.48 Å². The van der Waals surface area contributed by atoms with Crippen molar-refractivity contribution in [3.05, 3.63) is 101 Å². The molecule has 0 saturated heterocycles. The van der Waals surface area contributed by atoms with Gasteiger partial charge in [0.15, 0.2) is 5.70 Å². The molecule has 1 aromatic heterocycles. The smallest absolute Gasteiger partial charge is 0.457 e. The number of aryl methyl sites for hydroxylation is 1. The maximum atomic E-state index is 6.05. The zero-order valence-electron chi connectivity index (χ0n) is 21.0. The monoisotopic (exact) mass is 461 g/mol.